The summed E-state index contributed by atoms with van der Waals surface area (Å²) in [5.74, 6) is -0.122. The minimum Gasteiger partial charge on any atom is -0.478 e. The second-order valence-corrected chi connectivity index (χ2v) is 6.16. The van der Waals surface area contributed by atoms with Gasteiger partial charge in [-0.3, -0.25) is 0 Å². The van der Waals surface area contributed by atoms with Gasteiger partial charge in [0.15, 0.2) is 0 Å². The molecular formula is C17H14ClN3O2. The molecule has 0 amide bonds. The Morgan fingerprint density at radius 1 is 1.43 bits per heavy atom. The van der Waals surface area contributed by atoms with Crippen molar-refractivity contribution in [3.8, 4) is 0 Å². The molecule has 4 rings (SSSR count). The first-order valence-electron chi connectivity index (χ1n) is 7.27. The van der Waals surface area contributed by atoms with Crippen LogP contribution < -0.4 is 5.32 Å². The molecule has 0 aliphatic carbocycles. The van der Waals surface area contributed by atoms with Crippen LogP contribution in [0.2, 0.25) is 5.02 Å². The van der Waals surface area contributed by atoms with Crippen LogP contribution in [-0.2, 0) is 13.5 Å². The monoisotopic (exact) mass is 327 g/mol. The van der Waals surface area contributed by atoms with Crippen molar-refractivity contribution in [2.24, 2.45) is 7.05 Å². The molecule has 1 unspecified atom stereocenters. The van der Waals surface area contributed by atoms with E-state index < -0.39 is 5.97 Å². The molecule has 1 aliphatic rings. The van der Waals surface area contributed by atoms with E-state index in [1.165, 1.54) is 0 Å². The highest BCUT2D eigenvalue weighted by Gasteiger charge is 2.27. The van der Waals surface area contributed by atoms with Gasteiger partial charge in [-0.2, -0.15) is 0 Å². The zero-order valence-electron chi connectivity index (χ0n) is 12.4. The van der Waals surface area contributed by atoms with E-state index in [-0.39, 0.29) is 11.6 Å². The summed E-state index contributed by atoms with van der Waals surface area (Å²) in [6.45, 7) is 0. The van der Waals surface area contributed by atoms with E-state index >= 15 is 0 Å². The van der Waals surface area contributed by atoms with Crippen molar-refractivity contribution in [2.45, 2.75) is 12.5 Å². The molecule has 2 N–H and O–H groups in total. The number of hydrogen-bond donors (Lipinski definition) is 2. The number of pyridine rings is 1. The van der Waals surface area contributed by atoms with Crippen LogP contribution in [0.3, 0.4) is 0 Å². The van der Waals surface area contributed by atoms with Gasteiger partial charge in [-0.1, -0.05) is 11.6 Å². The molecule has 23 heavy (non-hydrogen) atoms. The minimum atomic E-state index is -0.922. The molecule has 5 nitrogen and oxygen atoms in total. The van der Waals surface area contributed by atoms with Crippen molar-refractivity contribution < 1.29 is 9.90 Å². The first-order chi connectivity index (χ1) is 11.0. The Balaban J connectivity index is 1.82. The molecule has 1 aliphatic heterocycles. The minimum absolute atomic E-state index is 0.0325. The largest absolute Gasteiger partial charge is 0.478 e. The number of hydrogen-bond acceptors (Lipinski definition) is 3. The Labute approximate surface area is 137 Å². The number of benzene rings is 1. The van der Waals surface area contributed by atoms with Crippen LogP contribution >= 0.6 is 11.6 Å². The third kappa shape index (κ3) is 2.16. The summed E-state index contributed by atoms with van der Waals surface area (Å²) in [6, 6.07) is 7.02. The number of aromatic carboxylic acids is 1. The van der Waals surface area contributed by atoms with Gasteiger partial charge in [0.1, 0.15) is 5.82 Å². The van der Waals surface area contributed by atoms with E-state index in [1.54, 1.807) is 24.4 Å². The normalized spacial score (nSPS) is 16.3. The van der Waals surface area contributed by atoms with E-state index in [2.05, 4.69) is 10.3 Å². The summed E-state index contributed by atoms with van der Waals surface area (Å²) in [5, 5.41) is 14.3. The fraction of sp³-hybridized carbons (Fsp3) is 0.176. The van der Waals surface area contributed by atoms with Crippen LogP contribution in [-0.4, -0.2) is 20.6 Å². The number of nitrogens with zero attached hydrogens (tertiary/aromatic N) is 2. The van der Waals surface area contributed by atoms with Gasteiger partial charge >= 0.3 is 5.97 Å². The quantitative estimate of drug-likeness (QED) is 0.754. The Bertz CT molecular complexity index is 948. The average molecular weight is 328 g/mol. The number of carbonyl (C=O) groups is 1. The standard InChI is InChI=1S/C17H14ClN3O2/c1-21-8-12(10-6-9(17(22)23)2-3-15(10)21)14-7-11-13(18)4-5-19-16(11)20-14/h2-6,8,14H,7H2,1H3,(H,19,20)(H,22,23). The van der Waals surface area contributed by atoms with E-state index in [0.29, 0.717) is 5.02 Å². The number of rotatable bonds is 2. The molecule has 3 heterocycles. The fourth-order valence-corrected chi connectivity index (χ4v) is 3.45. The lowest BCUT2D eigenvalue weighted by atomic mass is 10.0. The summed E-state index contributed by atoms with van der Waals surface area (Å²) in [7, 11) is 1.96. The second-order valence-electron chi connectivity index (χ2n) is 5.75. The van der Waals surface area contributed by atoms with Crippen LogP contribution in [0.5, 0.6) is 0 Å². The van der Waals surface area contributed by atoms with Crippen molar-refractivity contribution in [1.82, 2.24) is 9.55 Å². The molecule has 0 spiro atoms. The molecule has 0 fully saturated rings. The maximum Gasteiger partial charge on any atom is 0.335 e. The molecule has 3 aromatic rings. The van der Waals surface area contributed by atoms with Crippen LogP contribution in [0, 0.1) is 0 Å². The summed E-state index contributed by atoms with van der Waals surface area (Å²) in [6.07, 6.45) is 4.45. The van der Waals surface area contributed by atoms with Gasteiger partial charge in [0, 0.05) is 52.9 Å². The SMILES string of the molecule is Cn1cc(C2Cc3c(Cl)ccnc3N2)c2cc(C(=O)O)ccc21. The molecule has 6 heteroatoms. The highest BCUT2D eigenvalue weighted by atomic mass is 35.5. The van der Waals surface area contributed by atoms with Gasteiger partial charge < -0.3 is 15.0 Å². The van der Waals surface area contributed by atoms with Crippen molar-refractivity contribution in [2.75, 3.05) is 5.32 Å². The van der Waals surface area contributed by atoms with E-state index in [0.717, 1.165) is 34.3 Å². The van der Waals surface area contributed by atoms with Crippen LogP contribution in [0.25, 0.3) is 10.9 Å². The van der Waals surface area contributed by atoms with Gasteiger partial charge in [-0.05, 0) is 24.3 Å². The maximum absolute atomic E-state index is 11.3. The van der Waals surface area contributed by atoms with Crippen molar-refractivity contribution >= 4 is 34.3 Å². The van der Waals surface area contributed by atoms with Gasteiger partial charge in [-0.25, -0.2) is 9.78 Å². The molecular weight excluding hydrogens is 314 g/mol. The molecule has 1 aromatic carbocycles. The predicted molar refractivity (Wildman–Crippen MR) is 89.2 cm³/mol. The summed E-state index contributed by atoms with van der Waals surface area (Å²) >= 11 is 6.25. The maximum atomic E-state index is 11.3. The summed E-state index contributed by atoms with van der Waals surface area (Å²) in [5.41, 5.74) is 3.35. The lowest BCUT2D eigenvalue weighted by Crippen LogP contribution is -2.05. The number of carboxylic acid groups (broad SMARTS) is 1. The number of fused-ring (bicyclic) bond motifs is 2. The highest BCUT2D eigenvalue weighted by molar-refractivity contribution is 6.31. The molecule has 0 saturated heterocycles. The third-order valence-corrected chi connectivity index (χ3v) is 4.71. The third-order valence-electron chi connectivity index (χ3n) is 4.36. The number of aromatic nitrogens is 2. The van der Waals surface area contributed by atoms with E-state index in [9.17, 15) is 9.90 Å². The van der Waals surface area contributed by atoms with E-state index in [4.69, 9.17) is 11.6 Å². The van der Waals surface area contributed by atoms with Gasteiger partial charge in [0.05, 0.1) is 11.6 Å². The first-order valence-corrected chi connectivity index (χ1v) is 7.64. The summed E-state index contributed by atoms with van der Waals surface area (Å²) < 4.78 is 2.01. The lowest BCUT2D eigenvalue weighted by molar-refractivity contribution is 0.0697. The predicted octanol–water partition coefficient (Wildman–Crippen LogP) is 3.63. The Morgan fingerprint density at radius 3 is 3.00 bits per heavy atom. The number of aryl methyl sites for hydroxylation is 1. The highest BCUT2D eigenvalue weighted by Crippen LogP contribution is 2.39. The van der Waals surface area contributed by atoms with Crippen molar-refractivity contribution in [1.29, 1.82) is 0 Å². The topological polar surface area (TPSA) is 67.2 Å². The molecule has 0 bridgehead atoms. The van der Waals surface area contributed by atoms with Crippen molar-refractivity contribution in [3.63, 3.8) is 0 Å². The number of halogens is 1. The zero-order chi connectivity index (χ0) is 16.1. The molecule has 0 radical (unpaired) electrons. The second kappa shape index (κ2) is 4.99. The number of nitrogens with one attached hydrogen (secondary N) is 1. The first kappa shape index (κ1) is 14.1. The number of anilines is 1. The Morgan fingerprint density at radius 2 is 2.26 bits per heavy atom. The van der Waals surface area contributed by atoms with Gasteiger partial charge in [0.25, 0.3) is 0 Å². The molecule has 1 atom stereocenters. The Kier molecular flexibility index (Phi) is 3.06. The van der Waals surface area contributed by atoms with Crippen LogP contribution in [0.4, 0.5) is 5.82 Å². The summed E-state index contributed by atoms with van der Waals surface area (Å²) in [4.78, 5) is 15.6. The number of carboxylic acids is 1. The molecule has 2 aromatic heterocycles. The fourth-order valence-electron chi connectivity index (χ4n) is 3.23. The van der Waals surface area contributed by atoms with Gasteiger partial charge in [-0.15, -0.1) is 0 Å². The van der Waals surface area contributed by atoms with E-state index in [1.807, 2.05) is 23.9 Å². The smallest absolute Gasteiger partial charge is 0.335 e. The van der Waals surface area contributed by atoms with Gasteiger partial charge in [0.2, 0.25) is 0 Å². The van der Waals surface area contributed by atoms with Crippen LogP contribution in [0.15, 0.2) is 36.7 Å². The zero-order valence-corrected chi connectivity index (χ0v) is 13.1. The Hall–Kier alpha value is -2.53. The molecule has 116 valence electrons. The van der Waals surface area contributed by atoms with Crippen LogP contribution in [0.1, 0.15) is 27.5 Å². The lowest BCUT2D eigenvalue weighted by Gasteiger charge is -2.10. The molecule has 0 saturated carbocycles. The average Bonchev–Trinajstić information content (AvgIpc) is 3.09. The van der Waals surface area contributed by atoms with Crippen molar-refractivity contribution in [3.05, 3.63) is 58.4 Å².